The minimum atomic E-state index is -3.85. The summed E-state index contributed by atoms with van der Waals surface area (Å²) in [5.41, 5.74) is -0.149. The largest absolute Gasteiger partial charge is 0.495 e. The monoisotopic (exact) mass is 347 g/mol. The SMILES string of the molecule is COc1ccc(C)cc1S(=O)(=O)N(C)[C@@]1(C)CCS(=O)(=O)C1. The summed E-state index contributed by atoms with van der Waals surface area (Å²) in [4.78, 5) is 0.0584. The van der Waals surface area contributed by atoms with Gasteiger partial charge in [-0.05, 0) is 38.0 Å². The van der Waals surface area contributed by atoms with Crippen LogP contribution in [0.1, 0.15) is 18.9 Å². The number of sulfonamides is 1. The van der Waals surface area contributed by atoms with Crippen molar-refractivity contribution in [2.45, 2.75) is 30.7 Å². The zero-order valence-corrected chi connectivity index (χ0v) is 14.8. The average Bonchev–Trinajstić information content (AvgIpc) is 2.73. The van der Waals surface area contributed by atoms with Crippen LogP contribution in [0, 0.1) is 6.92 Å². The number of hydrogen-bond acceptors (Lipinski definition) is 5. The van der Waals surface area contributed by atoms with Gasteiger partial charge >= 0.3 is 0 Å². The molecule has 1 fully saturated rings. The quantitative estimate of drug-likeness (QED) is 0.817. The lowest BCUT2D eigenvalue weighted by molar-refractivity contribution is 0.271. The summed E-state index contributed by atoms with van der Waals surface area (Å²) >= 11 is 0. The van der Waals surface area contributed by atoms with E-state index in [1.165, 1.54) is 24.5 Å². The summed E-state index contributed by atoms with van der Waals surface area (Å²) in [5.74, 6) is 0.0972. The number of hydrogen-bond donors (Lipinski definition) is 0. The van der Waals surface area contributed by atoms with Crippen molar-refractivity contribution in [2.75, 3.05) is 25.7 Å². The number of sulfone groups is 1. The van der Waals surface area contributed by atoms with Crippen LogP contribution < -0.4 is 4.74 Å². The van der Waals surface area contributed by atoms with Crippen molar-refractivity contribution in [3.05, 3.63) is 23.8 Å². The van der Waals surface area contributed by atoms with Crippen molar-refractivity contribution < 1.29 is 21.6 Å². The van der Waals surface area contributed by atoms with Crippen LogP contribution >= 0.6 is 0 Å². The van der Waals surface area contributed by atoms with E-state index in [4.69, 9.17) is 4.74 Å². The third kappa shape index (κ3) is 3.00. The van der Waals surface area contributed by atoms with Crippen LogP contribution in [-0.4, -0.2) is 52.3 Å². The van der Waals surface area contributed by atoms with Gasteiger partial charge in [0.1, 0.15) is 10.6 Å². The van der Waals surface area contributed by atoms with E-state index in [1.54, 1.807) is 26.0 Å². The number of ether oxygens (including phenoxy) is 1. The first-order valence-corrected chi connectivity index (χ1v) is 10.1. The number of rotatable bonds is 4. The zero-order valence-electron chi connectivity index (χ0n) is 13.2. The summed E-state index contributed by atoms with van der Waals surface area (Å²) in [6.45, 7) is 3.46. The maximum absolute atomic E-state index is 12.9. The van der Waals surface area contributed by atoms with Crippen LogP contribution in [-0.2, 0) is 19.9 Å². The molecule has 2 rings (SSSR count). The van der Waals surface area contributed by atoms with Gasteiger partial charge in [0, 0.05) is 12.6 Å². The predicted molar refractivity (Wildman–Crippen MR) is 84.4 cm³/mol. The number of methoxy groups -OCH3 is 1. The molecule has 1 aliphatic rings. The van der Waals surface area contributed by atoms with Crippen molar-refractivity contribution in [2.24, 2.45) is 0 Å². The minimum absolute atomic E-state index is 0.00825. The Morgan fingerprint density at radius 2 is 1.95 bits per heavy atom. The fourth-order valence-electron chi connectivity index (χ4n) is 2.66. The summed E-state index contributed by atoms with van der Waals surface area (Å²) in [6.07, 6.45) is 0.291. The summed E-state index contributed by atoms with van der Waals surface area (Å²) in [7, 11) is -4.22. The second-order valence-corrected chi connectivity index (χ2v) is 10.1. The molecule has 1 aliphatic heterocycles. The fourth-order valence-corrected chi connectivity index (χ4v) is 6.70. The number of nitrogens with zero attached hydrogens (tertiary/aromatic N) is 1. The molecular weight excluding hydrogens is 326 g/mol. The lowest BCUT2D eigenvalue weighted by atomic mass is 10.0. The van der Waals surface area contributed by atoms with Crippen LogP contribution in [0.4, 0.5) is 0 Å². The molecule has 0 aliphatic carbocycles. The third-order valence-electron chi connectivity index (χ3n) is 4.20. The first-order chi connectivity index (χ1) is 10.0. The minimum Gasteiger partial charge on any atom is -0.495 e. The van der Waals surface area contributed by atoms with Gasteiger partial charge in [0.2, 0.25) is 10.0 Å². The van der Waals surface area contributed by atoms with Crippen LogP contribution in [0.15, 0.2) is 23.1 Å². The van der Waals surface area contributed by atoms with Gasteiger partial charge in [-0.2, -0.15) is 4.31 Å². The van der Waals surface area contributed by atoms with E-state index in [-0.39, 0.29) is 22.2 Å². The molecule has 8 heteroatoms. The Labute approximate surface area is 132 Å². The Balaban J connectivity index is 2.49. The van der Waals surface area contributed by atoms with Crippen molar-refractivity contribution in [3.8, 4) is 5.75 Å². The van der Waals surface area contributed by atoms with Crippen LogP contribution in [0.2, 0.25) is 0 Å². The Bertz CT molecular complexity index is 785. The zero-order chi connectivity index (χ0) is 16.8. The van der Waals surface area contributed by atoms with E-state index < -0.39 is 25.4 Å². The molecule has 0 bridgehead atoms. The van der Waals surface area contributed by atoms with E-state index in [2.05, 4.69) is 0 Å². The lowest BCUT2D eigenvalue weighted by Crippen LogP contribution is -2.48. The van der Waals surface area contributed by atoms with Crippen molar-refractivity contribution >= 4 is 19.9 Å². The Morgan fingerprint density at radius 1 is 1.32 bits per heavy atom. The summed E-state index contributed by atoms with van der Waals surface area (Å²) in [5, 5.41) is 0. The van der Waals surface area contributed by atoms with Gasteiger partial charge in [0.15, 0.2) is 9.84 Å². The highest BCUT2D eigenvalue weighted by atomic mass is 32.2. The molecule has 22 heavy (non-hydrogen) atoms. The molecule has 1 aromatic carbocycles. The van der Waals surface area contributed by atoms with Crippen LogP contribution in [0.3, 0.4) is 0 Å². The average molecular weight is 347 g/mol. The van der Waals surface area contributed by atoms with E-state index in [0.717, 1.165) is 5.56 Å². The highest BCUT2D eigenvalue weighted by Gasteiger charge is 2.46. The lowest BCUT2D eigenvalue weighted by Gasteiger charge is -2.33. The van der Waals surface area contributed by atoms with Crippen molar-refractivity contribution in [1.29, 1.82) is 0 Å². The van der Waals surface area contributed by atoms with E-state index in [9.17, 15) is 16.8 Å². The molecule has 0 amide bonds. The maximum Gasteiger partial charge on any atom is 0.247 e. The second-order valence-electron chi connectivity index (χ2n) is 5.97. The molecule has 0 saturated carbocycles. The highest BCUT2D eigenvalue weighted by Crippen LogP contribution is 2.35. The molecule has 1 heterocycles. The predicted octanol–water partition coefficient (Wildman–Crippen LogP) is 1.20. The number of benzene rings is 1. The van der Waals surface area contributed by atoms with Crippen LogP contribution in [0.25, 0.3) is 0 Å². The molecule has 0 radical (unpaired) electrons. The first-order valence-electron chi connectivity index (χ1n) is 6.86. The van der Waals surface area contributed by atoms with Crippen molar-refractivity contribution in [1.82, 2.24) is 4.31 Å². The molecule has 6 nitrogen and oxygen atoms in total. The Kier molecular flexibility index (Phi) is 4.31. The third-order valence-corrected chi connectivity index (χ3v) is 8.12. The van der Waals surface area contributed by atoms with E-state index >= 15 is 0 Å². The molecule has 1 aromatic rings. The van der Waals surface area contributed by atoms with Gasteiger partial charge < -0.3 is 4.74 Å². The summed E-state index contributed by atoms with van der Waals surface area (Å²) in [6, 6.07) is 4.90. The van der Waals surface area contributed by atoms with Crippen LogP contribution in [0.5, 0.6) is 5.75 Å². The molecule has 1 saturated heterocycles. The van der Waals surface area contributed by atoms with Gasteiger partial charge in [-0.1, -0.05) is 6.07 Å². The standard InChI is InChI=1S/C14H21NO5S2/c1-11-5-6-12(20-4)13(9-11)22(18,19)15(3)14(2)7-8-21(16,17)10-14/h5-6,9H,7-8,10H2,1-4H3/t14-/m0/s1. The molecule has 0 spiro atoms. The fraction of sp³-hybridized carbons (Fsp3) is 0.571. The summed E-state index contributed by atoms with van der Waals surface area (Å²) < 4.78 is 55.6. The van der Waals surface area contributed by atoms with E-state index in [0.29, 0.717) is 6.42 Å². The normalized spacial score (nSPS) is 24.6. The Hall–Kier alpha value is -1.12. The number of aryl methyl sites for hydroxylation is 1. The maximum atomic E-state index is 12.9. The van der Waals surface area contributed by atoms with Gasteiger partial charge in [-0.15, -0.1) is 0 Å². The molecular formula is C14H21NO5S2. The van der Waals surface area contributed by atoms with Gasteiger partial charge in [-0.3, -0.25) is 0 Å². The van der Waals surface area contributed by atoms with Gasteiger partial charge in [0.05, 0.1) is 18.6 Å². The highest BCUT2D eigenvalue weighted by molar-refractivity contribution is 7.92. The van der Waals surface area contributed by atoms with E-state index in [1.807, 2.05) is 0 Å². The Morgan fingerprint density at radius 3 is 2.45 bits per heavy atom. The molecule has 0 aromatic heterocycles. The molecule has 1 atom stereocenters. The van der Waals surface area contributed by atoms with Gasteiger partial charge in [0.25, 0.3) is 0 Å². The molecule has 0 N–H and O–H groups in total. The first kappa shape index (κ1) is 17.2. The molecule has 124 valence electrons. The molecule has 0 unspecified atom stereocenters. The van der Waals surface area contributed by atoms with Crippen molar-refractivity contribution in [3.63, 3.8) is 0 Å². The smallest absolute Gasteiger partial charge is 0.247 e. The second kappa shape index (κ2) is 5.50. The van der Waals surface area contributed by atoms with Gasteiger partial charge in [-0.25, -0.2) is 16.8 Å². The topological polar surface area (TPSA) is 80.8 Å².